The van der Waals surface area contributed by atoms with E-state index in [1.807, 2.05) is 6.92 Å². The molecule has 1 N–H and O–H groups in total. The van der Waals surface area contributed by atoms with Crippen molar-refractivity contribution in [2.24, 2.45) is 0 Å². The van der Waals surface area contributed by atoms with Crippen LogP contribution in [0.3, 0.4) is 0 Å². The summed E-state index contributed by atoms with van der Waals surface area (Å²) in [5.41, 5.74) is 0.327. The number of hydrogen-bond acceptors (Lipinski definition) is 1. The Kier molecular flexibility index (Phi) is 5.41. The molecule has 88 valence electrons. The van der Waals surface area contributed by atoms with E-state index >= 15 is 0 Å². The van der Waals surface area contributed by atoms with Crippen LogP contribution in [0.4, 0.5) is 4.39 Å². The zero-order valence-corrected chi connectivity index (χ0v) is 11.9. The summed E-state index contributed by atoms with van der Waals surface area (Å²) in [4.78, 5) is 11.7. The van der Waals surface area contributed by atoms with Crippen molar-refractivity contribution in [2.75, 3.05) is 5.33 Å². The Hall–Kier alpha value is -0.420. The van der Waals surface area contributed by atoms with Crippen LogP contribution < -0.4 is 5.32 Å². The molecule has 5 heteroatoms. The van der Waals surface area contributed by atoms with E-state index in [0.29, 0.717) is 10.0 Å². The first kappa shape index (κ1) is 13.6. The highest BCUT2D eigenvalue weighted by molar-refractivity contribution is 9.10. The third kappa shape index (κ3) is 4.22. The summed E-state index contributed by atoms with van der Waals surface area (Å²) in [7, 11) is 0. The van der Waals surface area contributed by atoms with Crippen molar-refractivity contribution in [1.29, 1.82) is 0 Å². The van der Waals surface area contributed by atoms with Crippen molar-refractivity contribution in [3.05, 3.63) is 34.1 Å². The molecule has 1 aromatic carbocycles. The molecule has 0 heterocycles. The molecule has 0 aliphatic heterocycles. The minimum atomic E-state index is -0.423. The zero-order chi connectivity index (χ0) is 12.1. The van der Waals surface area contributed by atoms with Crippen LogP contribution in [0.1, 0.15) is 23.7 Å². The molecular weight excluding hydrogens is 341 g/mol. The standard InChI is InChI=1S/C11H12Br2FNO/c1-7(2-3-12)15-11(16)8-4-9(13)6-10(14)5-8/h4-7H,2-3H2,1H3,(H,15,16). The van der Waals surface area contributed by atoms with Crippen molar-refractivity contribution in [3.8, 4) is 0 Å². The lowest BCUT2D eigenvalue weighted by Gasteiger charge is -2.12. The van der Waals surface area contributed by atoms with Crippen LogP contribution in [0, 0.1) is 5.82 Å². The summed E-state index contributed by atoms with van der Waals surface area (Å²) in [5, 5.41) is 3.62. The van der Waals surface area contributed by atoms with E-state index in [1.54, 1.807) is 6.07 Å². The summed E-state index contributed by atoms with van der Waals surface area (Å²) in [6.07, 6.45) is 0.836. The van der Waals surface area contributed by atoms with Gasteiger partial charge in [-0.2, -0.15) is 0 Å². The number of nitrogens with one attached hydrogen (secondary N) is 1. The molecule has 0 spiro atoms. The molecule has 1 unspecified atom stereocenters. The molecule has 0 bridgehead atoms. The summed E-state index contributed by atoms with van der Waals surface area (Å²) >= 11 is 6.45. The molecule has 0 saturated heterocycles. The summed E-state index contributed by atoms with van der Waals surface area (Å²) < 4.78 is 13.6. The first-order chi connectivity index (χ1) is 7.52. The van der Waals surface area contributed by atoms with Crippen molar-refractivity contribution < 1.29 is 9.18 Å². The number of rotatable bonds is 4. The fourth-order valence-electron chi connectivity index (χ4n) is 1.23. The van der Waals surface area contributed by atoms with Gasteiger partial charge in [0, 0.05) is 21.4 Å². The lowest BCUT2D eigenvalue weighted by molar-refractivity contribution is 0.0939. The highest BCUT2D eigenvalue weighted by Gasteiger charge is 2.10. The second-order valence-corrected chi connectivity index (χ2v) is 5.22. The predicted molar refractivity (Wildman–Crippen MR) is 69.4 cm³/mol. The van der Waals surface area contributed by atoms with Gasteiger partial charge in [-0.25, -0.2) is 4.39 Å². The largest absolute Gasteiger partial charge is 0.350 e. The molecule has 16 heavy (non-hydrogen) atoms. The molecule has 0 saturated carbocycles. The molecule has 1 aromatic rings. The van der Waals surface area contributed by atoms with Gasteiger partial charge in [-0.1, -0.05) is 31.9 Å². The molecule has 0 aliphatic carbocycles. The van der Waals surface area contributed by atoms with Gasteiger partial charge in [-0.05, 0) is 31.5 Å². The Bertz CT molecular complexity index is 364. The minimum absolute atomic E-state index is 0.0638. The van der Waals surface area contributed by atoms with E-state index in [0.717, 1.165) is 11.8 Å². The Balaban J connectivity index is 2.72. The molecule has 1 amide bonds. The van der Waals surface area contributed by atoms with Gasteiger partial charge < -0.3 is 5.32 Å². The van der Waals surface area contributed by atoms with Gasteiger partial charge in [0.25, 0.3) is 5.91 Å². The number of alkyl halides is 1. The number of carbonyl (C=O) groups excluding carboxylic acids is 1. The van der Waals surface area contributed by atoms with Crippen LogP contribution in [0.5, 0.6) is 0 Å². The molecule has 0 aliphatic rings. The van der Waals surface area contributed by atoms with Crippen molar-refractivity contribution in [3.63, 3.8) is 0 Å². The van der Waals surface area contributed by atoms with E-state index in [9.17, 15) is 9.18 Å². The summed E-state index contributed by atoms with van der Waals surface area (Å²) in [5.74, 6) is -0.679. The maximum Gasteiger partial charge on any atom is 0.251 e. The third-order valence-electron chi connectivity index (χ3n) is 2.04. The maximum atomic E-state index is 13.1. The number of amides is 1. The topological polar surface area (TPSA) is 29.1 Å². The van der Waals surface area contributed by atoms with E-state index < -0.39 is 5.82 Å². The number of halogens is 3. The van der Waals surface area contributed by atoms with Gasteiger partial charge in [-0.3, -0.25) is 4.79 Å². The minimum Gasteiger partial charge on any atom is -0.350 e. The van der Waals surface area contributed by atoms with Gasteiger partial charge in [0.05, 0.1) is 0 Å². The number of hydrogen-bond donors (Lipinski definition) is 1. The Labute approximate surface area is 111 Å². The molecule has 1 atom stereocenters. The van der Waals surface area contributed by atoms with Gasteiger partial charge in [0.1, 0.15) is 5.82 Å². The van der Waals surface area contributed by atoms with Crippen molar-refractivity contribution in [1.82, 2.24) is 5.32 Å². The van der Waals surface area contributed by atoms with E-state index in [4.69, 9.17) is 0 Å². The van der Waals surface area contributed by atoms with Crippen LogP contribution in [0.25, 0.3) is 0 Å². The average molecular weight is 353 g/mol. The Morgan fingerprint density at radius 1 is 1.50 bits per heavy atom. The van der Waals surface area contributed by atoms with Gasteiger partial charge >= 0.3 is 0 Å². The normalized spacial score (nSPS) is 12.2. The summed E-state index contributed by atoms with van der Waals surface area (Å²) in [6.45, 7) is 1.91. The van der Waals surface area contributed by atoms with Crippen LogP contribution in [-0.2, 0) is 0 Å². The molecular formula is C11H12Br2FNO. The molecule has 0 aromatic heterocycles. The smallest absolute Gasteiger partial charge is 0.251 e. The Morgan fingerprint density at radius 3 is 2.75 bits per heavy atom. The van der Waals surface area contributed by atoms with Crippen LogP contribution in [-0.4, -0.2) is 17.3 Å². The Morgan fingerprint density at radius 2 is 2.19 bits per heavy atom. The fourth-order valence-corrected chi connectivity index (χ4v) is 2.38. The van der Waals surface area contributed by atoms with Gasteiger partial charge in [-0.15, -0.1) is 0 Å². The first-order valence-electron chi connectivity index (χ1n) is 4.86. The molecule has 0 fully saturated rings. The van der Waals surface area contributed by atoms with Gasteiger partial charge in [0.15, 0.2) is 0 Å². The predicted octanol–water partition coefficient (Wildman–Crippen LogP) is 3.49. The van der Waals surface area contributed by atoms with Crippen LogP contribution in [0.15, 0.2) is 22.7 Å². The van der Waals surface area contributed by atoms with E-state index in [-0.39, 0.29) is 11.9 Å². The first-order valence-corrected chi connectivity index (χ1v) is 6.77. The highest BCUT2D eigenvalue weighted by Crippen LogP contribution is 2.15. The lowest BCUT2D eigenvalue weighted by atomic mass is 10.2. The molecule has 0 radical (unpaired) electrons. The molecule has 2 nitrogen and oxygen atoms in total. The van der Waals surface area contributed by atoms with E-state index in [2.05, 4.69) is 37.2 Å². The second-order valence-electron chi connectivity index (χ2n) is 3.51. The third-order valence-corrected chi connectivity index (χ3v) is 2.96. The van der Waals surface area contributed by atoms with Crippen molar-refractivity contribution >= 4 is 37.8 Å². The van der Waals surface area contributed by atoms with Crippen LogP contribution in [0.2, 0.25) is 0 Å². The zero-order valence-electron chi connectivity index (χ0n) is 8.77. The SMILES string of the molecule is CC(CCBr)NC(=O)c1cc(F)cc(Br)c1. The maximum absolute atomic E-state index is 13.1. The lowest BCUT2D eigenvalue weighted by Crippen LogP contribution is -2.32. The fraction of sp³-hybridized carbons (Fsp3) is 0.364. The van der Waals surface area contributed by atoms with Crippen molar-refractivity contribution in [2.45, 2.75) is 19.4 Å². The summed E-state index contributed by atoms with van der Waals surface area (Å²) in [6, 6.07) is 4.20. The number of carbonyl (C=O) groups is 1. The monoisotopic (exact) mass is 351 g/mol. The molecule has 1 rings (SSSR count). The van der Waals surface area contributed by atoms with Crippen LogP contribution >= 0.6 is 31.9 Å². The second kappa shape index (κ2) is 6.35. The highest BCUT2D eigenvalue weighted by atomic mass is 79.9. The van der Waals surface area contributed by atoms with E-state index in [1.165, 1.54) is 12.1 Å². The average Bonchev–Trinajstić information content (AvgIpc) is 2.16. The quantitative estimate of drug-likeness (QED) is 0.825. The van der Waals surface area contributed by atoms with Gasteiger partial charge in [0.2, 0.25) is 0 Å². The number of benzene rings is 1.